The van der Waals surface area contributed by atoms with Gasteiger partial charge in [0.15, 0.2) is 0 Å². The monoisotopic (exact) mass is 266 g/mol. The van der Waals surface area contributed by atoms with Crippen molar-refractivity contribution in [2.75, 3.05) is 5.75 Å². The number of rotatable bonds is 2. The fourth-order valence-electron chi connectivity index (χ4n) is 1.55. The van der Waals surface area contributed by atoms with Gasteiger partial charge in [0.25, 0.3) is 10.1 Å². The molecule has 0 spiro atoms. The van der Waals surface area contributed by atoms with Crippen LogP contribution in [-0.4, -0.2) is 18.7 Å². The van der Waals surface area contributed by atoms with E-state index in [0.29, 0.717) is 0 Å². The molecule has 0 aliphatic heterocycles. The third-order valence-corrected chi connectivity index (χ3v) is 3.29. The van der Waals surface area contributed by atoms with E-state index >= 15 is 0 Å². The van der Waals surface area contributed by atoms with Gasteiger partial charge in [-0.2, -0.15) is 8.42 Å². The molecule has 0 aliphatic rings. The van der Waals surface area contributed by atoms with Crippen molar-refractivity contribution in [2.45, 2.75) is 13.8 Å². The molecule has 0 saturated carbocycles. The molecule has 0 heterocycles. The lowest BCUT2D eigenvalue weighted by Crippen LogP contribution is -2.09. The zero-order valence-corrected chi connectivity index (χ0v) is 11.4. The number of hydrogen-bond acceptors (Lipinski definition) is 2. The Morgan fingerprint density at radius 1 is 0.944 bits per heavy atom. The van der Waals surface area contributed by atoms with Crippen molar-refractivity contribution < 1.29 is 13.0 Å². The van der Waals surface area contributed by atoms with Gasteiger partial charge in [0, 0.05) is 0 Å². The first-order valence-electron chi connectivity index (χ1n) is 5.77. The summed E-state index contributed by atoms with van der Waals surface area (Å²) < 4.78 is 28.2. The van der Waals surface area contributed by atoms with Crippen molar-refractivity contribution in [3.05, 3.63) is 48.5 Å². The molecule has 3 nitrogen and oxygen atoms in total. The summed E-state index contributed by atoms with van der Waals surface area (Å²) in [4.78, 5) is 0. The Balaban J connectivity index is 0.000000187. The molecule has 0 aromatic heterocycles. The van der Waals surface area contributed by atoms with Crippen molar-refractivity contribution in [1.29, 1.82) is 0 Å². The van der Waals surface area contributed by atoms with E-state index in [1.807, 2.05) is 0 Å². The van der Waals surface area contributed by atoms with Crippen LogP contribution >= 0.6 is 0 Å². The van der Waals surface area contributed by atoms with Crippen molar-refractivity contribution in [2.24, 2.45) is 5.92 Å². The van der Waals surface area contributed by atoms with Crippen LogP contribution in [0.15, 0.2) is 48.5 Å². The first-order chi connectivity index (χ1) is 8.38. The quantitative estimate of drug-likeness (QED) is 0.848. The molecule has 0 bridgehead atoms. The van der Waals surface area contributed by atoms with Gasteiger partial charge in [0.1, 0.15) is 0 Å². The number of fused-ring (bicyclic) bond motifs is 1. The fraction of sp³-hybridized carbons (Fsp3) is 0.286. The SMILES string of the molecule is CC(C)CS(=O)(=O)O.c1ccc2ccccc2c1. The van der Waals surface area contributed by atoms with E-state index in [0.717, 1.165) is 0 Å². The van der Waals surface area contributed by atoms with Crippen LogP contribution < -0.4 is 0 Å². The van der Waals surface area contributed by atoms with Crippen molar-refractivity contribution in [3.8, 4) is 0 Å². The summed E-state index contributed by atoms with van der Waals surface area (Å²) >= 11 is 0. The molecule has 0 atom stereocenters. The lowest BCUT2D eigenvalue weighted by Gasteiger charge is -1.97. The van der Waals surface area contributed by atoms with Crippen LogP contribution in [0.4, 0.5) is 0 Å². The van der Waals surface area contributed by atoms with Gasteiger partial charge in [0.05, 0.1) is 5.75 Å². The third-order valence-electron chi connectivity index (χ3n) is 2.20. The first-order valence-corrected chi connectivity index (χ1v) is 7.38. The molecule has 4 heteroatoms. The van der Waals surface area contributed by atoms with Crippen LogP contribution in [0.5, 0.6) is 0 Å². The molecular formula is C14H18O3S. The highest BCUT2D eigenvalue weighted by Crippen LogP contribution is 2.11. The summed E-state index contributed by atoms with van der Waals surface area (Å²) in [6, 6.07) is 16.7. The second-order valence-electron chi connectivity index (χ2n) is 4.49. The standard InChI is InChI=1S/C10H8.C4H10O3S/c1-2-6-10-8-4-3-7-9(10)5-1;1-4(2)3-8(5,6)7/h1-8H;4H,3H2,1-2H3,(H,5,6,7). The minimum Gasteiger partial charge on any atom is -0.286 e. The highest BCUT2D eigenvalue weighted by Gasteiger charge is 2.06. The lowest BCUT2D eigenvalue weighted by molar-refractivity contribution is 0.473. The molecule has 2 rings (SSSR count). The molecule has 2 aromatic carbocycles. The Hall–Kier alpha value is -1.39. The zero-order chi connectivity index (χ0) is 13.6. The Kier molecular flexibility index (Phi) is 5.31. The predicted molar refractivity (Wildman–Crippen MR) is 75.2 cm³/mol. The van der Waals surface area contributed by atoms with E-state index in [4.69, 9.17) is 4.55 Å². The maximum atomic E-state index is 10.00. The molecule has 0 unspecified atom stereocenters. The van der Waals surface area contributed by atoms with Crippen LogP contribution in [0.3, 0.4) is 0 Å². The van der Waals surface area contributed by atoms with Crippen LogP contribution in [-0.2, 0) is 10.1 Å². The Morgan fingerprint density at radius 3 is 1.44 bits per heavy atom. The van der Waals surface area contributed by atoms with E-state index in [-0.39, 0.29) is 11.7 Å². The third kappa shape index (κ3) is 5.80. The van der Waals surface area contributed by atoms with E-state index in [1.54, 1.807) is 13.8 Å². The summed E-state index contributed by atoms with van der Waals surface area (Å²) in [5, 5.41) is 2.62. The molecule has 0 amide bonds. The molecular weight excluding hydrogens is 248 g/mol. The van der Waals surface area contributed by atoms with Crippen LogP contribution in [0.2, 0.25) is 0 Å². The van der Waals surface area contributed by atoms with Gasteiger partial charge in [-0.25, -0.2) is 0 Å². The Labute approximate surface area is 108 Å². The second-order valence-corrected chi connectivity index (χ2v) is 5.99. The Bertz CT molecular complexity index is 523. The van der Waals surface area contributed by atoms with Crippen molar-refractivity contribution in [3.63, 3.8) is 0 Å². The number of hydrogen-bond donors (Lipinski definition) is 1. The van der Waals surface area contributed by atoms with Crippen molar-refractivity contribution >= 4 is 20.9 Å². The maximum absolute atomic E-state index is 10.00. The molecule has 0 fully saturated rings. The summed E-state index contributed by atoms with van der Waals surface area (Å²) in [5.74, 6) is -0.141. The molecule has 18 heavy (non-hydrogen) atoms. The van der Waals surface area contributed by atoms with Crippen LogP contribution in [0.1, 0.15) is 13.8 Å². The molecule has 2 aromatic rings. The van der Waals surface area contributed by atoms with Gasteiger partial charge in [-0.05, 0) is 16.7 Å². The van der Waals surface area contributed by atoms with Crippen LogP contribution in [0, 0.1) is 5.92 Å². The zero-order valence-electron chi connectivity index (χ0n) is 10.6. The Morgan fingerprint density at radius 2 is 1.28 bits per heavy atom. The average Bonchev–Trinajstić information content (AvgIpc) is 2.27. The van der Waals surface area contributed by atoms with E-state index in [1.165, 1.54) is 10.8 Å². The normalized spacial score (nSPS) is 11.1. The van der Waals surface area contributed by atoms with Gasteiger partial charge in [-0.1, -0.05) is 62.4 Å². The maximum Gasteiger partial charge on any atom is 0.265 e. The second kappa shape index (κ2) is 6.52. The predicted octanol–water partition coefficient (Wildman–Crippen LogP) is 3.37. The molecule has 0 aliphatic carbocycles. The van der Waals surface area contributed by atoms with Gasteiger partial charge >= 0.3 is 0 Å². The fourth-order valence-corrected chi connectivity index (χ4v) is 2.40. The van der Waals surface area contributed by atoms with E-state index in [9.17, 15) is 8.42 Å². The van der Waals surface area contributed by atoms with Gasteiger partial charge in [-0.15, -0.1) is 0 Å². The van der Waals surface area contributed by atoms with E-state index in [2.05, 4.69) is 48.5 Å². The lowest BCUT2D eigenvalue weighted by atomic mass is 10.1. The molecule has 1 N–H and O–H groups in total. The highest BCUT2D eigenvalue weighted by molar-refractivity contribution is 7.85. The average molecular weight is 266 g/mol. The number of benzene rings is 2. The first kappa shape index (κ1) is 14.7. The van der Waals surface area contributed by atoms with Gasteiger partial charge in [-0.3, -0.25) is 4.55 Å². The summed E-state index contributed by atoms with van der Waals surface area (Å²) in [7, 11) is -3.72. The minimum atomic E-state index is -3.72. The van der Waals surface area contributed by atoms with Gasteiger partial charge in [0.2, 0.25) is 0 Å². The molecule has 0 radical (unpaired) electrons. The minimum absolute atomic E-state index is 0.00463. The largest absolute Gasteiger partial charge is 0.286 e. The molecule has 0 saturated heterocycles. The van der Waals surface area contributed by atoms with E-state index < -0.39 is 10.1 Å². The topological polar surface area (TPSA) is 54.4 Å². The summed E-state index contributed by atoms with van der Waals surface area (Å²) in [6.45, 7) is 3.46. The summed E-state index contributed by atoms with van der Waals surface area (Å²) in [6.07, 6.45) is 0. The smallest absolute Gasteiger partial charge is 0.265 e. The highest BCUT2D eigenvalue weighted by atomic mass is 32.2. The summed E-state index contributed by atoms with van der Waals surface area (Å²) in [5.41, 5.74) is 0. The van der Waals surface area contributed by atoms with Crippen LogP contribution in [0.25, 0.3) is 10.8 Å². The van der Waals surface area contributed by atoms with Gasteiger partial charge < -0.3 is 0 Å². The molecule has 98 valence electrons. The van der Waals surface area contributed by atoms with Crippen molar-refractivity contribution in [1.82, 2.24) is 0 Å².